The minimum atomic E-state index is -3.41. The number of amides is 1. The fraction of sp³-hybridized carbons (Fsp3) is 0.611. The molecule has 1 heterocycles. The van der Waals surface area contributed by atoms with Crippen LogP contribution in [-0.2, 0) is 21.2 Å². The van der Waals surface area contributed by atoms with Crippen LogP contribution in [-0.4, -0.2) is 50.9 Å². The zero-order valence-electron chi connectivity index (χ0n) is 15.5. The van der Waals surface area contributed by atoms with Gasteiger partial charge in [-0.1, -0.05) is 25.5 Å². The van der Waals surface area contributed by atoms with Gasteiger partial charge in [0, 0.05) is 25.7 Å². The van der Waals surface area contributed by atoms with E-state index in [1.165, 1.54) is 0 Å². The fourth-order valence-corrected chi connectivity index (χ4v) is 4.49. The Bertz CT molecular complexity index is 659. The predicted octanol–water partition coefficient (Wildman–Crippen LogP) is 1.94. The summed E-state index contributed by atoms with van der Waals surface area (Å²) in [6.07, 6.45) is 3.18. The lowest BCUT2D eigenvalue weighted by atomic mass is 10.1. The Labute approximate surface area is 163 Å². The number of carbonyl (C=O) groups excluding carboxylic acids is 1. The van der Waals surface area contributed by atoms with Gasteiger partial charge in [0.25, 0.3) is 0 Å². The van der Waals surface area contributed by atoms with Gasteiger partial charge >= 0.3 is 0 Å². The standard InChI is InChI=1S/C18H29N3O3S.ClH/c1-3-19-15(2)14-20-18(22)13-16-7-9-17(10-8-16)25(23,24)21-11-5-4-6-12-21;/h7-10,15,19H,3-6,11-14H2,1-2H3,(H,20,22);1H/t15-;/m1./s1. The van der Waals surface area contributed by atoms with Crippen molar-refractivity contribution in [2.75, 3.05) is 26.2 Å². The van der Waals surface area contributed by atoms with Gasteiger partial charge in [0.2, 0.25) is 15.9 Å². The quantitative estimate of drug-likeness (QED) is 0.695. The van der Waals surface area contributed by atoms with E-state index in [4.69, 9.17) is 0 Å². The molecule has 8 heteroatoms. The molecule has 1 amide bonds. The first-order chi connectivity index (χ1) is 11.9. The number of halogens is 1. The molecule has 0 radical (unpaired) electrons. The van der Waals surface area contributed by atoms with Crippen LogP contribution in [0.25, 0.3) is 0 Å². The Morgan fingerprint density at radius 2 is 1.77 bits per heavy atom. The van der Waals surface area contributed by atoms with Crippen molar-refractivity contribution >= 4 is 28.3 Å². The summed E-state index contributed by atoms with van der Waals surface area (Å²) in [6.45, 7) is 6.67. The topological polar surface area (TPSA) is 78.5 Å². The monoisotopic (exact) mass is 403 g/mol. The number of carbonyl (C=O) groups is 1. The third kappa shape index (κ3) is 6.54. The second kappa shape index (κ2) is 10.9. The molecule has 0 aromatic heterocycles. The molecule has 1 aliphatic heterocycles. The highest BCUT2D eigenvalue weighted by Crippen LogP contribution is 2.20. The molecule has 0 bridgehead atoms. The molecular formula is C18H30ClN3O3S. The zero-order chi connectivity index (χ0) is 18.3. The van der Waals surface area contributed by atoms with Gasteiger partial charge in [-0.3, -0.25) is 4.79 Å². The van der Waals surface area contributed by atoms with Crippen molar-refractivity contribution in [3.05, 3.63) is 29.8 Å². The van der Waals surface area contributed by atoms with E-state index in [1.807, 2.05) is 13.8 Å². The molecule has 6 nitrogen and oxygen atoms in total. The summed E-state index contributed by atoms with van der Waals surface area (Å²) < 4.78 is 26.8. The Balaban J connectivity index is 0.00000338. The van der Waals surface area contributed by atoms with Gasteiger partial charge < -0.3 is 10.6 Å². The highest BCUT2D eigenvalue weighted by atomic mass is 35.5. The first-order valence-corrected chi connectivity index (χ1v) is 10.5. The van der Waals surface area contributed by atoms with Gasteiger partial charge in [-0.25, -0.2) is 8.42 Å². The predicted molar refractivity (Wildman–Crippen MR) is 106 cm³/mol. The molecular weight excluding hydrogens is 374 g/mol. The van der Waals surface area contributed by atoms with Crippen molar-refractivity contribution in [3.8, 4) is 0 Å². The van der Waals surface area contributed by atoms with E-state index >= 15 is 0 Å². The van der Waals surface area contributed by atoms with E-state index in [0.717, 1.165) is 31.4 Å². The van der Waals surface area contributed by atoms with E-state index < -0.39 is 10.0 Å². The van der Waals surface area contributed by atoms with Gasteiger partial charge in [-0.05, 0) is 44.0 Å². The summed E-state index contributed by atoms with van der Waals surface area (Å²) in [7, 11) is -3.41. The molecule has 1 aromatic carbocycles. The van der Waals surface area contributed by atoms with Crippen molar-refractivity contribution in [1.82, 2.24) is 14.9 Å². The molecule has 1 aliphatic rings. The van der Waals surface area contributed by atoms with Gasteiger partial charge in [0.05, 0.1) is 11.3 Å². The number of hydrogen-bond acceptors (Lipinski definition) is 4. The number of hydrogen-bond donors (Lipinski definition) is 2. The Morgan fingerprint density at radius 3 is 2.35 bits per heavy atom. The maximum Gasteiger partial charge on any atom is 0.243 e. The van der Waals surface area contributed by atoms with Crippen molar-refractivity contribution in [1.29, 1.82) is 0 Å². The Morgan fingerprint density at radius 1 is 1.15 bits per heavy atom. The smallest absolute Gasteiger partial charge is 0.243 e. The summed E-state index contributed by atoms with van der Waals surface area (Å²) in [6, 6.07) is 6.89. The number of rotatable bonds is 8. The lowest BCUT2D eigenvalue weighted by molar-refractivity contribution is -0.120. The van der Waals surface area contributed by atoms with Crippen molar-refractivity contribution in [2.45, 2.75) is 50.5 Å². The van der Waals surface area contributed by atoms with E-state index in [1.54, 1.807) is 28.6 Å². The van der Waals surface area contributed by atoms with E-state index in [-0.39, 0.29) is 30.8 Å². The SMILES string of the molecule is CCN[C@H](C)CNC(=O)Cc1ccc(S(=O)(=O)N2CCCCC2)cc1.Cl. The molecule has 0 aliphatic carbocycles. The van der Waals surface area contributed by atoms with Gasteiger partial charge in [0.15, 0.2) is 0 Å². The van der Waals surface area contributed by atoms with E-state index in [0.29, 0.717) is 24.5 Å². The first kappa shape index (κ1) is 22.9. The average Bonchev–Trinajstić information content (AvgIpc) is 2.61. The molecule has 0 saturated carbocycles. The molecule has 1 saturated heterocycles. The average molecular weight is 404 g/mol. The van der Waals surface area contributed by atoms with Crippen LogP contribution >= 0.6 is 12.4 Å². The van der Waals surface area contributed by atoms with Crippen molar-refractivity contribution < 1.29 is 13.2 Å². The Kier molecular flexibility index (Phi) is 9.57. The molecule has 1 fully saturated rings. The number of sulfonamides is 1. The number of piperidine rings is 1. The molecule has 26 heavy (non-hydrogen) atoms. The van der Waals surface area contributed by atoms with Crippen LogP contribution in [0.15, 0.2) is 29.2 Å². The second-order valence-corrected chi connectivity index (χ2v) is 8.49. The number of benzene rings is 1. The normalized spacial score (nSPS) is 16.5. The second-order valence-electron chi connectivity index (χ2n) is 6.55. The van der Waals surface area contributed by atoms with Crippen LogP contribution in [0.4, 0.5) is 0 Å². The van der Waals surface area contributed by atoms with Crippen LogP contribution in [0, 0.1) is 0 Å². The maximum atomic E-state index is 12.6. The summed E-state index contributed by atoms with van der Waals surface area (Å²) >= 11 is 0. The van der Waals surface area contributed by atoms with E-state index in [2.05, 4.69) is 10.6 Å². The molecule has 0 spiro atoms. The summed E-state index contributed by atoms with van der Waals surface area (Å²) in [4.78, 5) is 12.3. The van der Waals surface area contributed by atoms with Crippen LogP contribution in [0.1, 0.15) is 38.7 Å². The molecule has 1 aromatic rings. The van der Waals surface area contributed by atoms with Crippen LogP contribution in [0.5, 0.6) is 0 Å². The molecule has 0 unspecified atom stereocenters. The highest BCUT2D eigenvalue weighted by molar-refractivity contribution is 7.89. The lowest BCUT2D eigenvalue weighted by Crippen LogP contribution is -2.39. The largest absolute Gasteiger partial charge is 0.354 e. The fourth-order valence-electron chi connectivity index (χ4n) is 2.97. The summed E-state index contributed by atoms with van der Waals surface area (Å²) in [5, 5.41) is 6.12. The van der Waals surface area contributed by atoms with Gasteiger partial charge in [0.1, 0.15) is 0 Å². The molecule has 2 N–H and O–H groups in total. The zero-order valence-corrected chi connectivity index (χ0v) is 17.2. The minimum Gasteiger partial charge on any atom is -0.354 e. The first-order valence-electron chi connectivity index (χ1n) is 9.02. The molecule has 2 rings (SSSR count). The summed E-state index contributed by atoms with van der Waals surface area (Å²) in [5.41, 5.74) is 0.811. The lowest BCUT2D eigenvalue weighted by Gasteiger charge is -2.25. The summed E-state index contributed by atoms with van der Waals surface area (Å²) in [5.74, 6) is -0.0589. The third-order valence-electron chi connectivity index (χ3n) is 4.40. The highest BCUT2D eigenvalue weighted by Gasteiger charge is 2.25. The van der Waals surface area contributed by atoms with Crippen molar-refractivity contribution in [3.63, 3.8) is 0 Å². The van der Waals surface area contributed by atoms with Crippen molar-refractivity contribution in [2.24, 2.45) is 0 Å². The third-order valence-corrected chi connectivity index (χ3v) is 6.31. The van der Waals surface area contributed by atoms with Crippen LogP contribution < -0.4 is 10.6 Å². The minimum absolute atomic E-state index is 0. The number of nitrogens with zero attached hydrogens (tertiary/aromatic N) is 1. The number of nitrogens with one attached hydrogen (secondary N) is 2. The Hall–Kier alpha value is -1.15. The van der Waals surface area contributed by atoms with Gasteiger partial charge in [-0.2, -0.15) is 4.31 Å². The molecule has 148 valence electrons. The van der Waals surface area contributed by atoms with E-state index in [9.17, 15) is 13.2 Å². The number of likely N-dealkylation sites (N-methyl/N-ethyl adjacent to an activating group) is 1. The van der Waals surface area contributed by atoms with Crippen LogP contribution in [0.3, 0.4) is 0 Å². The van der Waals surface area contributed by atoms with Gasteiger partial charge in [-0.15, -0.1) is 12.4 Å². The van der Waals surface area contributed by atoms with Crippen LogP contribution in [0.2, 0.25) is 0 Å². The maximum absolute atomic E-state index is 12.6. The molecule has 1 atom stereocenters.